The second-order valence-corrected chi connectivity index (χ2v) is 9.54. The molecule has 0 bridgehead atoms. The van der Waals surface area contributed by atoms with Gasteiger partial charge in [-0.1, -0.05) is 25.0 Å². The average molecular weight is 492 g/mol. The minimum Gasteiger partial charge on any atom is -0.481 e. The van der Waals surface area contributed by atoms with Crippen molar-refractivity contribution in [2.75, 3.05) is 13.1 Å². The highest BCUT2D eigenvalue weighted by molar-refractivity contribution is 6.21. The number of carbonyl (C=O) groups is 4. The highest BCUT2D eigenvalue weighted by atomic mass is 16.6. The summed E-state index contributed by atoms with van der Waals surface area (Å²) in [6.45, 7) is 0.0943. The lowest BCUT2D eigenvalue weighted by Gasteiger charge is -2.42. The van der Waals surface area contributed by atoms with Crippen LogP contribution in [0.1, 0.15) is 63.6 Å². The van der Waals surface area contributed by atoms with Gasteiger partial charge >= 0.3 is 5.97 Å². The summed E-state index contributed by atoms with van der Waals surface area (Å²) < 4.78 is 0. The smallest absolute Gasteiger partial charge is 0.307 e. The molecule has 3 atom stereocenters. The maximum atomic E-state index is 13.8. The average Bonchev–Trinajstić information content (AvgIpc) is 3.13. The topological polar surface area (TPSA) is 138 Å². The highest BCUT2D eigenvalue weighted by Crippen LogP contribution is 2.39. The van der Waals surface area contributed by atoms with E-state index < -0.39 is 40.6 Å². The van der Waals surface area contributed by atoms with Crippen molar-refractivity contribution in [2.24, 2.45) is 11.8 Å². The molecule has 2 aliphatic heterocycles. The zero-order valence-corrected chi connectivity index (χ0v) is 19.5. The predicted octanol–water partition coefficient (Wildman–Crippen LogP) is 3.21. The summed E-state index contributed by atoms with van der Waals surface area (Å²) >= 11 is 0. The second-order valence-electron chi connectivity index (χ2n) is 9.54. The van der Waals surface area contributed by atoms with Crippen LogP contribution in [0.3, 0.4) is 0 Å². The Morgan fingerprint density at radius 2 is 1.64 bits per heavy atom. The van der Waals surface area contributed by atoms with Gasteiger partial charge < -0.3 is 10.0 Å². The maximum absolute atomic E-state index is 13.8. The third kappa shape index (κ3) is 3.92. The van der Waals surface area contributed by atoms with Gasteiger partial charge in [0.05, 0.1) is 40.5 Å². The molecule has 5 rings (SSSR count). The number of imide groups is 1. The molecule has 0 radical (unpaired) electrons. The largest absolute Gasteiger partial charge is 0.481 e. The lowest BCUT2D eigenvalue weighted by atomic mass is 9.77. The van der Waals surface area contributed by atoms with Gasteiger partial charge in [0, 0.05) is 18.7 Å². The molecule has 3 aliphatic rings. The van der Waals surface area contributed by atoms with Crippen molar-refractivity contribution in [1.82, 2.24) is 9.80 Å². The number of aliphatic carboxylic acids is 1. The van der Waals surface area contributed by atoms with E-state index in [4.69, 9.17) is 0 Å². The van der Waals surface area contributed by atoms with Crippen molar-refractivity contribution in [1.29, 1.82) is 0 Å². The molecule has 1 unspecified atom stereocenters. The first kappa shape index (κ1) is 23.7. The molecule has 2 aromatic rings. The van der Waals surface area contributed by atoms with Gasteiger partial charge in [0.25, 0.3) is 17.5 Å². The summed E-state index contributed by atoms with van der Waals surface area (Å²) in [5, 5.41) is 21.1. The summed E-state index contributed by atoms with van der Waals surface area (Å²) in [5.74, 6) is -3.72. The van der Waals surface area contributed by atoms with Gasteiger partial charge in [0.1, 0.15) is 0 Å². The van der Waals surface area contributed by atoms with E-state index in [0.29, 0.717) is 41.5 Å². The zero-order chi connectivity index (χ0) is 25.6. The van der Waals surface area contributed by atoms with Crippen molar-refractivity contribution in [2.45, 2.75) is 38.1 Å². The minimum atomic E-state index is -1.00. The number of hydrogen-bond donors (Lipinski definition) is 1. The summed E-state index contributed by atoms with van der Waals surface area (Å²) in [7, 11) is 0. The van der Waals surface area contributed by atoms with Crippen LogP contribution < -0.4 is 0 Å². The van der Waals surface area contributed by atoms with Crippen molar-refractivity contribution >= 4 is 29.4 Å². The number of carboxylic acid groups (broad SMARTS) is 1. The molecular weight excluding hydrogens is 466 g/mol. The maximum Gasteiger partial charge on any atom is 0.307 e. The zero-order valence-electron chi connectivity index (χ0n) is 19.5. The fourth-order valence-corrected chi connectivity index (χ4v) is 5.79. The van der Waals surface area contributed by atoms with Crippen LogP contribution in [0.5, 0.6) is 0 Å². The first-order chi connectivity index (χ1) is 17.3. The van der Waals surface area contributed by atoms with Gasteiger partial charge in [-0.3, -0.25) is 34.2 Å². The van der Waals surface area contributed by atoms with Crippen molar-refractivity contribution in [3.8, 4) is 0 Å². The first-order valence-electron chi connectivity index (χ1n) is 12.0. The van der Waals surface area contributed by atoms with Crippen LogP contribution in [-0.4, -0.2) is 56.6 Å². The molecule has 0 aromatic heterocycles. The summed E-state index contributed by atoms with van der Waals surface area (Å²) in [4.78, 5) is 65.4. The van der Waals surface area contributed by atoms with Gasteiger partial charge in [-0.2, -0.15) is 0 Å². The van der Waals surface area contributed by atoms with Crippen LogP contribution in [0.2, 0.25) is 0 Å². The number of nitro benzene ring substituents is 1. The number of nitrogens with zero attached hydrogens (tertiary/aromatic N) is 3. The van der Waals surface area contributed by atoms with E-state index in [-0.39, 0.29) is 24.7 Å². The minimum absolute atomic E-state index is 0.0776. The molecular formula is C26H25N3O7. The third-order valence-electron chi connectivity index (χ3n) is 7.61. The quantitative estimate of drug-likeness (QED) is 0.385. The molecule has 0 spiro atoms. The summed E-state index contributed by atoms with van der Waals surface area (Å²) in [5.41, 5.74) is 1.80. The van der Waals surface area contributed by atoms with Gasteiger partial charge in [0.15, 0.2) is 0 Å². The van der Waals surface area contributed by atoms with Gasteiger partial charge in [-0.25, -0.2) is 0 Å². The predicted molar refractivity (Wildman–Crippen MR) is 126 cm³/mol. The Bertz CT molecular complexity index is 1260. The Morgan fingerprint density at radius 3 is 2.25 bits per heavy atom. The number of amides is 3. The fourth-order valence-electron chi connectivity index (χ4n) is 5.79. The highest BCUT2D eigenvalue weighted by Gasteiger charge is 2.44. The molecule has 1 aliphatic carbocycles. The molecule has 10 heteroatoms. The van der Waals surface area contributed by atoms with Gasteiger partial charge in [-0.15, -0.1) is 0 Å². The summed E-state index contributed by atoms with van der Waals surface area (Å²) in [6.07, 6.45) is 2.72. The molecule has 0 saturated heterocycles. The van der Waals surface area contributed by atoms with Crippen molar-refractivity contribution < 1.29 is 29.2 Å². The molecule has 1 N–H and O–H groups in total. The molecule has 2 aromatic carbocycles. The van der Waals surface area contributed by atoms with Crippen LogP contribution in [-0.2, 0) is 16.0 Å². The molecule has 36 heavy (non-hydrogen) atoms. The van der Waals surface area contributed by atoms with Crippen LogP contribution >= 0.6 is 0 Å². The molecule has 10 nitrogen and oxygen atoms in total. The Hall–Kier alpha value is -4.08. The van der Waals surface area contributed by atoms with Crippen LogP contribution in [0, 0.1) is 22.0 Å². The fraction of sp³-hybridized carbons (Fsp3) is 0.385. The number of benzene rings is 2. The van der Waals surface area contributed by atoms with Crippen LogP contribution in [0.15, 0.2) is 42.5 Å². The molecule has 1 saturated carbocycles. The SMILES string of the molecule is O=C(O)[C@H]1CCCC[C@H]1C(=O)N1CCc2cc([N+](=O)[O-])ccc2C1CN1C(=O)c2ccccc2C1=O. The van der Waals surface area contributed by atoms with Crippen LogP contribution in [0.4, 0.5) is 5.69 Å². The Kier molecular flexibility index (Phi) is 6.03. The van der Waals surface area contributed by atoms with E-state index in [9.17, 15) is 34.4 Å². The summed E-state index contributed by atoms with van der Waals surface area (Å²) in [6, 6.07) is 10.2. The number of nitro groups is 1. The molecule has 1 fully saturated rings. The normalized spacial score (nSPS) is 23.3. The first-order valence-corrected chi connectivity index (χ1v) is 12.0. The number of non-ortho nitro benzene ring substituents is 1. The lowest BCUT2D eigenvalue weighted by Crippen LogP contribution is -2.50. The van der Waals surface area contributed by atoms with E-state index in [1.807, 2.05) is 0 Å². The van der Waals surface area contributed by atoms with E-state index in [2.05, 4.69) is 0 Å². The number of fused-ring (bicyclic) bond motifs is 2. The number of hydrogen-bond acceptors (Lipinski definition) is 6. The van der Waals surface area contributed by atoms with E-state index in [0.717, 1.165) is 17.7 Å². The van der Waals surface area contributed by atoms with Gasteiger partial charge in [-0.05, 0) is 48.6 Å². The number of carboxylic acids is 1. The lowest BCUT2D eigenvalue weighted by molar-refractivity contribution is -0.384. The third-order valence-corrected chi connectivity index (χ3v) is 7.61. The number of rotatable bonds is 5. The Labute approximate surface area is 206 Å². The molecule has 186 valence electrons. The number of carbonyl (C=O) groups excluding carboxylic acids is 3. The van der Waals surface area contributed by atoms with Gasteiger partial charge in [0.2, 0.25) is 5.91 Å². The van der Waals surface area contributed by atoms with Crippen molar-refractivity contribution in [3.63, 3.8) is 0 Å². The van der Waals surface area contributed by atoms with Crippen molar-refractivity contribution in [3.05, 3.63) is 74.8 Å². The standard InChI is InChI=1S/C26H25N3O7/c30-23(20-7-3-4-8-21(20)26(33)34)27-12-11-15-13-16(29(35)36)9-10-17(15)22(27)14-28-24(31)18-5-1-2-6-19(18)25(28)32/h1-2,5-6,9-10,13,20-22H,3-4,7-8,11-12,14H2,(H,33,34)/t20-,21+,22?/m1/s1. The Morgan fingerprint density at radius 1 is 1.00 bits per heavy atom. The van der Waals surface area contributed by atoms with E-state index >= 15 is 0 Å². The monoisotopic (exact) mass is 491 g/mol. The van der Waals surface area contributed by atoms with E-state index in [1.54, 1.807) is 35.2 Å². The van der Waals surface area contributed by atoms with E-state index in [1.165, 1.54) is 12.1 Å². The molecule has 2 heterocycles. The second kappa shape index (κ2) is 9.18. The Balaban J connectivity index is 1.52. The molecule has 3 amide bonds. The van der Waals surface area contributed by atoms with Crippen LogP contribution in [0.25, 0.3) is 0 Å².